The van der Waals surface area contributed by atoms with E-state index >= 15 is 0 Å². The highest BCUT2D eigenvalue weighted by Gasteiger charge is 2.41. The normalized spacial score (nSPS) is 17.6. The van der Waals surface area contributed by atoms with Crippen molar-refractivity contribution >= 4 is 12.6 Å². The predicted octanol–water partition coefficient (Wildman–Crippen LogP) is 5.62. The molecule has 0 aliphatic heterocycles. The van der Waals surface area contributed by atoms with Gasteiger partial charge in [0.05, 0.1) is 12.0 Å². The molecule has 0 nitrogen and oxygen atoms in total. The molecule has 0 fully saturated rings. The van der Waals surface area contributed by atoms with Crippen LogP contribution in [-0.4, -0.2) is 6.66 Å². The third-order valence-corrected chi connectivity index (χ3v) is 8.01. The van der Waals surface area contributed by atoms with Gasteiger partial charge >= 0.3 is 0 Å². The van der Waals surface area contributed by atoms with Crippen LogP contribution in [0.15, 0.2) is 103 Å². The highest BCUT2D eigenvalue weighted by atomic mass is 31.2. The van der Waals surface area contributed by atoms with Gasteiger partial charge in [-0.05, 0) is 30.4 Å². The summed E-state index contributed by atoms with van der Waals surface area (Å²) in [6.07, 6.45) is 17.8. The lowest BCUT2D eigenvalue weighted by molar-refractivity contribution is 1.35. The van der Waals surface area contributed by atoms with E-state index in [2.05, 4.69) is 86.6 Å². The van der Waals surface area contributed by atoms with E-state index in [9.17, 15) is 0 Å². The van der Waals surface area contributed by atoms with Crippen molar-refractivity contribution in [2.24, 2.45) is 0 Å². The van der Waals surface area contributed by atoms with Gasteiger partial charge in [0.15, 0.2) is 0 Å². The fourth-order valence-corrected chi connectivity index (χ4v) is 5.98. The number of rotatable bonds is 5. The molecule has 1 aromatic rings. The quantitative estimate of drug-likeness (QED) is 0.488. The molecule has 0 radical (unpaired) electrons. The summed E-state index contributed by atoms with van der Waals surface area (Å²) in [4.78, 5) is 0. The first-order valence-corrected chi connectivity index (χ1v) is 9.38. The summed E-state index contributed by atoms with van der Waals surface area (Å²) >= 11 is 0. The van der Waals surface area contributed by atoms with E-state index in [0.29, 0.717) is 0 Å². The molecule has 1 heteroatoms. The van der Waals surface area contributed by atoms with E-state index in [0.717, 1.165) is 6.42 Å². The van der Waals surface area contributed by atoms with Gasteiger partial charge in [0.1, 0.15) is 17.9 Å². The summed E-state index contributed by atoms with van der Waals surface area (Å²) < 4.78 is 0. The third kappa shape index (κ3) is 3.23. The summed E-state index contributed by atoms with van der Waals surface area (Å²) in [5.74, 6) is 0. The monoisotopic (exact) mass is 293 g/mol. The van der Waals surface area contributed by atoms with Crippen molar-refractivity contribution in [3.63, 3.8) is 0 Å². The van der Waals surface area contributed by atoms with E-state index in [-0.39, 0.29) is 0 Å². The fourth-order valence-electron chi connectivity index (χ4n) is 2.63. The molecule has 0 saturated carbocycles. The molecule has 1 atom stereocenters. The van der Waals surface area contributed by atoms with Gasteiger partial charge in [-0.3, -0.25) is 0 Å². The first-order valence-electron chi connectivity index (χ1n) is 7.14. The topological polar surface area (TPSA) is 0 Å². The van der Waals surface area contributed by atoms with E-state index in [1.807, 2.05) is 12.2 Å². The predicted molar refractivity (Wildman–Crippen MR) is 98.4 cm³/mol. The average molecular weight is 293 g/mol. The van der Waals surface area contributed by atoms with Crippen molar-refractivity contribution < 1.29 is 0 Å². The summed E-state index contributed by atoms with van der Waals surface area (Å²) in [5, 5.41) is 4.12. The Hall–Kier alpha value is -1.91. The van der Waals surface area contributed by atoms with Crippen LogP contribution in [0.3, 0.4) is 0 Å². The second-order valence-corrected chi connectivity index (χ2v) is 8.67. The SMILES string of the molecule is C=C/C=C(\C=C)[P+](C)(C1=CC=CC=CC1)c1ccccc1. The Bertz CT molecular complexity index is 629. The van der Waals surface area contributed by atoms with Gasteiger partial charge in [0.25, 0.3) is 0 Å². The Kier molecular flexibility index (Phi) is 5.31. The van der Waals surface area contributed by atoms with Gasteiger partial charge in [0, 0.05) is 6.42 Å². The van der Waals surface area contributed by atoms with Crippen molar-refractivity contribution in [3.8, 4) is 0 Å². The standard InChI is InChI=1S/C20H22P/c1-4-13-18(5-2)21(3,20-16-11-8-12-17-20)19-14-9-6-7-10-15-19/h4-14,16-17H,1-2,15H2,3H3/q+1/b18-13+. The molecule has 1 unspecified atom stereocenters. The Balaban J connectivity index is 2.64. The van der Waals surface area contributed by atoms with Crippen molar-refractivity contribution in [1.29, 1.82) is 0 Å². The van der Waals surface area contributed by atoms with Crippen molar-refractivity contribution in [1.82, 2.24) is 0 Å². The molecule has 0 spiro atoms. The highest BCUT2D eigenvalue weighted by Crippen LogP contribution is 2.69. The van der Waals surface area contributed by atoms with Crippen LogP contribution in [0.25, 0.3) is 0 Å². The number of allylic oxidation sites excluding steroid dienone is 10. The molecule has 2 rings (SSSR count). The maximum atomic E-state index is 4.04. The maximum Gasteiger partial charge on any atom is 0.105 e. The molecule has 0 aromatic heterocycles. The van der Waals surface area contributed by atoms with Crippen LogP contribution in [0, 0.1) is 0 Å². The molecule has 0 N–H and O–H groups in total. The molecular formula is C20H22P+. The van der Waals surface area contributed by atoms with Crippen molar-refractivity contribution in [2.45, 2.75) is 6.42 Å². The molecule has 21 heavy (non-hydrogen) atoms. The molecule has 1 aliphatic rings. The second-order valence-electron chi connectivity index (χ2n) is 5.05. The lowest BCUT2D eigenvalue weighted by Crippen LogP contribution is -2.13. The first kappa shape index (κ1) is 15.5. The van der Waals surface area contributed by atoms with Gasteiger partial charge in [-0.25, -0.2) is 0 Å². The van der Waals surface area contributed by atoms with E-state index in [1.165, 1.54) is 15.9 Å². The van der Waals surface area contributed by atoms with Crippen LogP contribution in [0.2, 0.25) is 0 Å². The maximum absolute atomic E-state index is 4.04. The summed E-state index contributed by atoms with van der Waals surface area (Å²) in [6, 6.07) is 10.8. The van der Waals surface area contributed by atoms with Crippen LogP contribution in [-0.2, 0) is 0 Å². The molecule has 0 heterocycles. The zero-order valence-electron chi connectivity index (χ0n) is 12.6. The molecule has 0 amide bonds. The van der Waals surface area contributed by atoms with E-state index in [4.69, 9.17) is 0 Å². The Labute approximate surface area is 128 Å². The molecule has 1 aromatic carbocycles. The fraction of sp³-hybridized carbons (Fsp3) is 0.100. The summed E-state index contributed by atoms with van der Waals surface area (Å²) in [7, 11) is -1.62. The summed E-state index contributed by atoms with van der Waals surface area (Å²) in [6.45, 7) is 10.3. The molecule has 1 aliphatic carbocycles. The van der Waals surface area contributed by atoms with Gasteiger partial charge in [-0.1, -0.05) is 61.7 Å². The Morgan fingerprint density at radius 2 is 1.86 bits per heavy atom. The van der Waals surface area contributed by atoms with E-state index < -0.39 is 7.26 Å². The Morgan fingerprint density at radius 3 is 2.52 bits per heavy atom. The van der Waals surface area contributed by atoms with Crippen LogP contribution in [0.5, 0.6) is 0 Å². The Morgan fingerprint density at radius 1 is 1.10 bits per heavy atom. The average Bonchev–Trinajstić information content (AvgIpc) is 2.82. The van der Waals surface area contributed by atoms with Crippen LogP contribution in [0.4, 0.5) is 0 Å². The molecule has 106 valence electrons. The van der Waals surface area contributed by atoms with Crippen LogP contribution in [0.1, 0.15) is 6.42 Å². The summed E-state index contributed by atoms with van der Waals surface area (Å²) in [5.41, 5.74) is 0. The zero-order chi connectivity index (χ0) is 15.1. The van der Waals surface area contributed by atoms with Gasteiger partial charge < -0.3 is 0 Å². The third-order valence-electron chi connectivity index (χ3n) is 3.84. The lowest BCUT2D eigenvalue weighted by Gasteiger charge is -2.25. The minimum absolute atomic E-state index is 0.981. The van der Waals surface area contributed by atoms with Gasteiger partial charge in [0.2, 0.25) is 0 Å². The number of hydrogen-bond acceptors (Lipinski definition) is 0. The van der Waals surface area contributed by atoms with Crippen molar-refractivity contribution in [2.75, 3.05) is 6.66 Å². The van der Waals surface area contributed by atoms with E-state index in [1.54, 1.807) is 0 Å². The second kappa shape index (κ2) is 7.20. The lowest BCUT2D eigenvalue weighted by atomic mass is 10.4. The van der Waals surface area contributed by atoms with Crippen LogP contribution < -0.4 is 5.30 Å². The minimum atomic E-state index is -1.62. The number of hydrogen-bond donors (Lipinski definition) is 0. The first-order chi connectivity index (χ1) is 10.2. The number of benzene rings is 1. The molecule has 0 saturated heterocycles. The molecular weight excluding hydrogens is 271 g/mol. The van der Waals surface area contributed by atoms with Gasteiger partial charge in [-0.15, -0.1) is 0 Å². The van der Waals surface area contributed by atoms with Crippen LogP contribution >= 0.6 is 7.26 Å². The minimum Gasteiger partial charge on any atom is -0.0989 e. The highest BCUT2D eigenvalue weighted by molar-refractivity contribution is 7.89. The van der Waals surface area contributed by atoms with Crippen molar-refractivity contribution in [3.05, 3.63) is 103 Å². The smallest absolute Gasteiger partial charge is 0.0989 e. The zero-order valence-corrected chi connectivity index (χ0v) is 13.5. The molecule has 0 bridgehead atoms. The largest absolute Gasteiger partial charge is 0.105 e. The van der Waals surface area contributed by atoms with Gasteiger partial charge in [-0.2, -0.15) is 0 Å².